The molecule has 0 atom stereocenters. The molecule has 0 spiro atoms. The standard InChI is InChI=1S/C24H16NO2S/c1-2-17-4-5-19-7-9-21(20-8-6-18(3-1)23(17)24(19)20)25(10-12-26-13-11-25)22-16-27-14-15-28-22/h1-16H/q+1. The molecule has 3 nitrogen and oxygen atoms in total. The van der Waals surface area contributed by atoms with Gasteiger partial charge >= 0.3 is 0 Å². The number of quaternary nitrogens is 1. The smallest absolute Gasteiger partial charge is 0.221 e. The van der Waals surface area contributed by atoms with E-state index in [0.29, 0.717) is 4.48 Å². The molecule has 0 aliphatic carbocycles. The van der Waals surface area contributed by atoms with Crippen molar-refractivity contribution in [1.29, 1.82) is 0 Å². The minimum atomic E-state index is 0.420. The highest BCUT2D eigenvalue weighted by Crippen LogP contribution is 2.46. The van der Waals surface area contributed by atoms with E-state index in [2.05, 4.69) is 54.6 Å². The summed E-state index contributed by atoms with van der Waals surface area (Å²) in [6.07, 6.45) is 11.1. The molecule has 0 aromatic heterocycles. The van der Waals surface area contributed by atoms with Gasteiger partial charge in [-0.2, -0.15) is 4.48 Å². The van der Waals surface area contributed by atoms with Gasteiger partial charge in [0.25, 0.3) is 0 Å². The molecule has 4 aromatic rings. The zero-order valence-electron chi connectivity index (χ0n) is 14.9. The van der Waals surface area contributed by atoms with Crippen LogP contribution < -0.4 is 4.48 Å². The lowest BCUT2D eigenvalue weighted by molar-refractivity contribution is 0.355. The Balaban J connectivity index is 1.73. The lowest BCUT2D eigenvalue weighted by atomic mass is 9.93. The molecule has 6 rings (SSSR count). The Bertz CT molecular complexity index is 1320. The summed E-state index contributed by atoms with van der Waals surface area (Å²) in [5.74, 6) is 0. The molecule has 134 valence electrons. The van der Waals surface area contributed by atoms with E-state index in [1.165, 1.54) is 38.0 Å². The zero-order chi connectivity index (χ0) is 18.6. The summed E-state index contributed by atoms with van der Waals surface area (Å²) in [4.78, 5) is 0. The Morgan fingerprint density at radius 3 is 2.14 bits per heavy atom. The second-order valence-electron chi connectivity index (χ2n) is 6.91. The van der Waals surface area contributed by atoms with Crippen LogP contribution in [0.15, 0.2) is 102 Å². The Hall–Kier alpha value is -3.21. The minimum Gasteiger partial charge on any atom is -0.465 e. The molecule has 0 radical (unpaired) electrons. The molecule has 2 aliphatic heterocycles. The van der Waals surface area contributed by atoms with Crippen molar-refractivity contribution in [2.75, 3.05) is 0 Å². The zero-order valence-corrected chi connectivity index (χ0v) is 15.7. The lowest BCUT2D eigenvalue weighted by Crippen LogP contribution is -2.37. The number of nitrogens with zero attached hydrogens (tertiary/aromatic N) is 1. The Morgan fingerprint density at radius 2 is 1.39 bits per heavy atom. The number of thioether (sulfide) groups is 1. The second kappa shape index (κ2) is 5.89. The SMILES string of the molecule is C1=CSC([N+]2(c3ccc4ccc5cccc6ccc3c4c56)C=COC=C2)=CO1. The van der Waals surface area contributed by atoms with Gasteiger partial charge < -0.3 is 9.47 Å². The van der Waals surface area contributed by atoms with E-state index in [1.807, 2.05) is 24.1 Å². The predicted octanol–water partition coefficient (Wildman–Crippen LogP) is 6.90. The molecule has 2 heterocycles. The highest BCUT2D eigenvalue weighted by molar-refractivity contribution is 8.05. The third-order valence-corrected chi connectivity index (χ3v) is 6.40. The maximum Gasteiger partial charge on any atom is 0.221 e. The molecule has 4 aromatic carbocycles. The molecule has 0 saturated heterocycles. The van der Waals surface area contributed by atoms with Crippen molar-refractivity contribution in [3.63, 3.8) is 0 Å². The first-order valence-corrected chi connectivity index (χ1v) is 9.99. The number of hydrogen-bond donors (Lipinski definition) is 0. The van der Waals surface area contributed by atoms with Crippen LogP contribution >= 0.6 is 11.8 Å². The highest BCUT2D eigenvalue weighted by Gasteiger charge is 2.37. The molecule has 28 heavy (non-hydrogen) atoms. The summed E-state index contributed by atoms with van der Waals surface area (Å²) in [5.41, 5.74) is 1.17. The highest BCUT2D eigenvalue weighted by atomic mass is 32.2. The molecule has 4 heteroatoms. The van der Waals surface area contributed by atoms with Gasteiger partial charge in [-0.05, 0) is 45.4 Å². The van der Waals surface area contributed by atoms with Crippen molar-refractivity contribution in [2.45, 2.75) is 0 Å². The van der Waals surface area contributed by atoms with Gasteiger partial charge in [0.05, 0.1) is 6.26 Å². The molecule has 0 unspecified atom stereocenters. The lowest BCUT2D eigenvalue weighted by Gasteiger charge is -2.33. The fourth-order valence-corrected chi connectivity index (χ4v) is 5.02. The van der Waals surface area contributed by atoms with Crippen molar-refractivity contribution in [1.82, 2.24) is 4.48 Å². The number of hydrogen-bond acceptors (Lipinski definition) is 3. The van der Waals surface area contributed by atoms with E-state index in [0.717, 1.165) is 5.03 Å². The van der Waals surface area contributed by atoms with Gasteiger partial charge in [0, 0.05) is 22.2 Å². The summed E-state index contributed by atoms with van der Waals surface area (Å²) in [6, 6.07) is 19.8. The average Bonchev–Trinajstić information content (AvgIpc) is 2.78. The second-order valence-corrected chi connectivity index (χ2v) is 7.83. The van der Waals surface area contributed by atoms with Gasteiger partial charge in [-0.1, -0.05) is 36.4 Å². The van der Waals surface area contributed by atoms with Crippen LogP contribution in [0.3, 0.4) is 0 Å². The first-order chi connectivity index (χ1) is 13.9. The van der Waals surface area contributed by atoms with Crippen LogP contribution in [0.2, 0.25) is 0 Å². The van der Waals surface area contributed by atoms with Crippen LogP contribution in [0.1, 0.15) is 0 Å². The van der Waals surface area contributed by atoms with E-state index in [9.17, 15) is 0 Å². The molecule has 0 N–H and O–H groups in total. The van der Waals surface area contributed by atoms with E-state index in [-0.39, 0.29) is 0 Å². The van der Waals surface area contributed by atoms with E-state index in [1.54, 1.807) is 30.5 Å². The fourth-order valence-electron chi connectivity index (χ4n) is 4.26. The number of rotatable bonds is 2. The third kappa shape index (κ3) is 2.10. The summed E-state index contributed by atoms with van der Waals surface area (Å²) in [5, 5.41) is 10.7. The monoisotopic (exact) mass is 382 g/mol. The summed E-state index contributed by atoms with van der Waals surface area (Å²) >= 11 is 1.65. The largest absolute Gasteiger partial charge is 0.465 e. The normalized spacial score (nSPS) is 17.8. The summed E-state index contributed by atoms with van der Waals surface area (Å²) in [7, 11) is 0. The molecule has 0 bridgehead atoms. The van der Waals surface area contributed by atoms with E-state index < -0.39 is 0 Å². The van der Waals surface area contributed by atoms with Crippen LogP contribution in [-0.4, -0.2) is 0 Å². The Morgan fingerprint density at radius 1 is 0.679 bits per heavy atom. The third-order valence-electron chi connectivity index (χ3n) is 5.51. The van der Waals surface area contributed by atoms with Crippen molar-refractivity contribution < 1.29 is 9.47 Å². The average molecular weight is 382 g/mol. The Labute approximate surface area is 166 Å². The van der Waals surface area contributed by atoms with Crippen molar-refractivity contribution in [3.05, 3.63) is 102 Å². The molecular weight excluding hydrogens is 366 g/mol. The van der Waals surface area contributed by atoms with Crippen LogP contribution in [0, 0.1) is 0 Å². The minimum absolute atomic E-state index is 0.420. The quantitative estimate of drug-likeness (QED) is 0.278. The Kier molecular flexibility index (Phi) is 3.33. The van der Waals surface area contributed by atoms with Gasteiger partial charge in [0.15, 0.2) is 11.9 Å². The van der Waals surface area contributed by atoms with Gasteiger partial charge in [0.2, 0.25) is 5.03 Å². The topological polar surface area (TPSA) is 18.5 Å². The van der Waals surface area contributed by atoms with Crippen molar-refractivity contribution in [3.8, 4) is 0 Å². The van der Waals surface area contributed by atoms with E-state index >= 15 is 0 Å². The molecule has 2 aliphatic rings. The molecule has 0 saturated carbocycles. The summed E-state index contributed by atoms with van der Waals surface area (Å²) < 4.78 is 11.3. The maximum atomic E-state index is 5.52. The van der Waals surface area contributed by atoms with Gasteiger partial charge in [0.1, 0.15) is 24.9 Å². The first kappa shape index (κ1) is 15.8. The van der Waals surface area contributed by atoms with Crippen LogP contribution in [0.4, 0.5) is 5.69 Å². The van der Waals surface area contributed by atoms with Crippen molar-refractivity contribution in [2.24, 2.45) is 0 Å². The predicted molar refractivity (Wildman–Crippen MR) is 117 cm³/mol. The molecule has 0 amide bonds. The fraction of sp³-hybridized carbons (Fsp3) is 0. The summed E-state index contributed by atoms with van der Waals surface area (Å²) in [6.45, 7) is 0. The van der Waals surface area contributed by atoms with Gasteiger partial charge in [-0.25, -0.2) is 0 Å². The number of benzene rings is 4. The van der Waals surface area contributed by atoms with Crippen LogP contribution in [0.5, 0.6) is 0 Å². The maximum absolute atomic E-state index is 5.52. The van der Waals surface area contributed by atoms with Crippen molar-refractivity contribution >= 4 is 49.8 Å². The van der Waals surface area contributed by atoms with E-state index in [4.69, 9.17) is 9.47 Å². The van der Waals surface area contributed by atoms with Crippen LogP contribution in [0.25, 0.3) is 32.3 Å². The first-order valence-electron chi connectivity index (χ1n) is 9.11. The van der Waals surface area contributed by atoms with Crippen LogP contribution in [-0.2, 0) is 9.47 Å². The molecule has 0 fully saturated rings. The van der Waals surface area contributed by atoms with Gasteiger partial charge in [-0.3, -0.25) is 0 Å². The van der Waals surface area contributed by atoms with Gasteiger partial charge in [-0.15, -0.1) is 0 Å². The molecular formula is C24H16NO2S+. The number of ether oxygens (including phenoxy) is 2.